The third-order valence-corrected chi connectivity index (χ3v) is 3.76. The molecule has 1 aliphatic rings. The molecule has 0 bridgehead atoms. The molecule has 1 aromatic carbocycles. The number of imidazole rings is 1. The fraction of sp³-hybridized carbons (Fsp3) is 0.429. The molecule has 1 aromatic heterocycles. The second kappa shape index (κ2) is 3.99. The van der Waals surface area contributed by atoms with Crippen molar-refractivity contribution < 1.29 is 4.79 Å². The zero-order valence-electron chi connectivity index (χ0n) is 10.0. The van der Waals surface area contributed by atoms with Crippen LogP contribution in [0.4, 0.5) is 0 Å². The summed E-state index contributed by atoms with van der Waals surface area (Å²) in [5.74, 6) is 0.958. The highest BCUT2D eigenvalue weighted by Crippen LogP contribution is 2.32. The first-order valence-electron chi connectivity index (χ1n) is 6.17. The molecule has 3 nitrogen and oxygen atoms in total. The van der Waals surface area contributed by atoms with Crippen molar-refractivity contribution >= 4 is 16.8 Å². The molecule has 0 amide bonds. The van der Waals surface area contributed by atoms with Crippen molar-refractivity contribution in [1.29, 1.82) is 0 Å². The Morgan fingerprint density at radius 2 is 2.06 bits per heavy atom. The summed E-state index contributed by atoms with van der Waals surface area (Å²) < 4.78 is 2.03. The van der Waals surface area contributed by atoms with E-state index in [1.54, 1.807) is 0 Å². The van der Waals surface area contributed by atoms with Crippen molar-refractivity contribution in [3.8, 4) is 0 Å². The summed E-state index contributed by atoms with van der Waals surface area (Å²) in [6, 6.07) is 6.49. The lowest BCUT2D eigenvalue weighted by molar-refractivity contribution is -0.120. The third kappa shape index (κ3) is 1.86. The van der Waals surface area contributed by atoms with Gasteiger partial charge in [-0.25, -0.2) is 4.98 Å². The molecule has 88 valence electrons. The third-order valence-electron chi connectivity index (χ3n) is 3.76. The summed E-state index contributed by atoms with van der Waals surface area (Å²) >= 11 is 0. The van der Waals surface area contributed by atoms with Gasteiger partial charge in [-0.15, -0.1) is 0 Å². The first kappa shape index (κ1) is 10.5. The Morgan fingerprint density at radius 1 is 1.29 bits per heavy atom. The van der Waals surface area contributed by atoms with Gasteiger partial charge in [-0.2, -0.15) is 0 Å². The zero-order valence-corrected chi connectivity index (χ0v) is 10.0. The molecular weight excluding hydrogens is 212 g/mol. The number of carbonyl (C=O) groups is 1. The number of hydrogen-bond donors (Lipinski definition) is 0. The largest absolute Gasteiger partial charge is 0.334 e. The summed E-state index contributed by atoms with van der Waals surface area (Å²) in [5, 5.41) is 0. The summed E-state index contributed by atoms with van der Waals surface area (Å²) in [6.07, 6.45) is 5.32. The molecule has 0 aliphatic heterocycles. The van der Waals surface area contributed by atoms with E-state index in [1.807, 2.05) is 17.9 Å². The van der Waals surface area contributed by atoms with E-state index >= 15 is 0 Å². The number of fused-ring (bicyclic) bond motifs is 1. The van der Waals surface area contributed by atoms with Crippen molar-refractivity contribution in [2.24, 2.45) is 7.05 Å². The van der Waals surface area contributed by atoms with E-state index in [0.717, 1.165) is 31.2 Å². The van der Waals surface area contributed by atoms with Crippen LogP contribution in [-0.4, -0.2) is 15.3 Å². The van der Waals surface area contributed by atoms with Crippen LogP contribution in [0.2, 0.25) is 0 Å². The fourth-order valence-electron chi connectivity index (χ4n) is 2.68. The van der Waals surface area contributed by atoms with Crippen molar-refractivity contribution in [1.82, 2.24) is 9.55 Å². The zero-order chi connectivity index (χ0) is 11.8. The second-order valence-electron chi connectivity index (χ2n) is 4.92. The standard InChI is InChI=1S/C14H16N2O/c1-16-9-15-13-8-11(4-7-14(13)16)10-2-5-12(17)6-3-10/h4,7-10H,2-3,5-6H2,1H3. The Balaban J connectivity index is 1.92. The molecule has 0 spiro atoms. The van der Waals surface area contributed by atoms with Crippen LogP contribution >= 0.6 is 0 Å². The lowest BCUT2D eigenvalue weighted by atomic mass is 9.83. The van der Waals surface area contributed by atoms with Gasteiger partial charge in [0.1, 0.15) is 5.78 Å². The molecular formula is C14H16N2O. The first-order valence-corrected chi connectivity index (χ1v) is 6.17. The van der Waals surface area contributed by atoms with Gasteiger partial charge in [0.2, 0.25) is 0 Å². The molecule has 2 aromatic rings. The Labute approximate surface area is 100 Å². The number of aromatic nitrogens is 2. The highest BCUT2D eigenvalue weighted by Gasteiger charge is 2.20. The summed E-state index contributed by atoms with van der Waals surface area (Å²) in [5.41, 5.74) is 3.56. The minimum Gasteiger partial charge on any atom is -0.334 e. The molecule has 3 heteroatoms. The van der Waals surface area contributed by atoms with Gasteiger partial charge in [0.15, 0.2) is 0 Å². The average molecular weight is 228 g/mol. The number of aryl methyl sites for hydroxylation is 1. The number of Topliss-reactive ketones (excluding diaryl/α,β-unsaturated/α-hetero) is 1. The highest BCUT2D eigenvalue weighted by molar-refractivity contribution is 5.80. The molecule has 0 N–H and O–H groups in total. The van der Waals surface area contributed by atoms with E-state index in [9.17, 15) is 4.79 Å². The SMILES string of the molecule is Cn1cnc2cc(C3CCC(=O)CC3)ccc21. The molecule has 0 radical (unpaired) electrons. The quantitative estimate of drug-likeness (QED) is 0.752. The molecule has 1 fully saturated rings. The molecule has 0 atom stereocenters. The Bertz CT molecular complexity index is 561. The average Bonchev–Trinajstić information content (AvgIpc) is 2.72. The van der Waals surface area contributed by atoms with Crippen LogP contribution in [0.3, 0.4) is 0 Å². The lowest BCUT2D eigenvalue weighted by Gasteiger charge is -2.21. The van der Waals surface area contributed by atoms with E-state index < -0.39 is 0 Å². The molecule has 1 saturated carbocycles. The van der Waals surface area contributed by atoms with E-state index in [-0.39, 0.29) is 0 Å². The van der Waals surface area contributed by atoms with Crippen LogP contribution in [0.1, 0.15) is 37.2 Å². The van der Waals surface area contributed by atoms with E-state index in [4.69, 9.17) is 0 Å². The van der Waals surface area contributed by atoms with Crippen LogP contribution in [0.5, 0.6) is 0 Å². The number of ketones is 1. The second-order valence-corrected chi connectivity index (χ2v) is 4.92. The van der Waals surface area contributed by atoms with Gasteiger partial charge < -0.3 is 4.57 Å². The first-order chi connectivity index (χ1) is 8.24. The molecule has 1 aliphatic carbocycles. The topological polar surface area (TPSA) is 34.9 Å². The lowest BCUT2D eigenvalue weighted by Crippen LogP contribution is -2.12. The van der Waals surface area contributed by atoms with Crippen LogP contribution in [0.15, 0.2) is 24.5 Å². The Hall–Kier alpha value is -1.64. The Morgan fingerprint density at radius 3 is 2.82 bits per heavy atom. The predicted molar refractivity (Wildman–Crippen MR) is 66.9 cm³/mol. The van der Waals surface area contributed by atoms with Crippen molar-refractivity contribution in [3.05, 3.63) is 30.1 Å². The van der Waals surface area contributed by atoms with Gasteiger partial charge in [-0.05, 0) is 36.5 Å². The number of benzene rings is 1. The number of nitrogens with zero attached hydrogens (tertiary/aromatic N) is 2. The molecule has 3 rings (SSSR count). The minimum atomic E-state index is 0.417. The van der Waals surface area contributed by atoms with Crippen LogP contribution in [0, 0.1) is 0 Å². The normalized spacial score (nSPS) is 17.8. The summed E-state index contributed by atoms with van der Waals surface area (Å²) in [7, 11) is 2.01. The maximum absolute atomic E-state index is 11.2. The van der Waals surface area contributed by atoms with Gasteiger partial charge in [-0.3, -0.25) is 4.79 Å². The van der Waals surface area contributed by atoms with Gasteiger partial charge in [0.25, 0.3) is 0 Å². The predicted octanol–water partition coefficient (Wildman–Crippen LogP) is 2.80. The number of carbonyl (C=O) groups excluding carboxylic acids is 1. The van der Waals surface area contributed by atoms with Crippen LogP contribution < -0.4 is 0 Å². The Kier molecular flexibility index (Phi) is 2.46. The van der Waals surface area contributed by atoms with Crippen LogP contribution in [0.25, 0.3) is 11.0 Å². The van der Waals surface area contributed by atoms with Gasteiger partial charge in [0, 0.05) is 19.9 Å². The molecule has 0 unspecified atom stereocenters. The van der Waals surface area contributed by atoms with Gasteiger partial charge >= 0.3 is 0 Å². The van der Waals surface area contributed by atoms with Crippen molar-refractivity contribution in [3.63, 3.8) is 0 Å². The van der Waals surface area contributed by atoms with Crippen LogP contribution in [-0.2, 0) is 11.8 Å². The maximum atomic E-state index is 11.2. The van der Waals surface area contributed by atoms with E-state index in [2.05, 4.69) is 23.2 Å². The van der Waals surface area contributed by atoms with Crippen molar-refractivity contribution in [2.75, 3.05) is 0 Å². The smallest absolute Gasteiger partial charge is 0.132 e. The van der Waals surface area contributed by atoms with Gasteiger partial charge in [0.05, 0.1) is 17.4 Å². The summed E-state index contributed by atoms with van der Waals surface area (Å²) in [6.45, 7) is 0. The van der Waals surface area contributed by atoms with E-state index in [1.165, 1.54) is 11.1 Å². The van der Waals surface area contributed by atoms with E-state index in [0.29, 0.717) is 11.7 Å². The monoisotopic (exact) mass is 228 g/mol. The summed E-state index contributed by atoms with van der Waals surface area (Å²) in [4.78, 5) is 15.6. The van der Waals surface area contributed by atoms with Crippen molar-refractivity contribution in [2.45, 2.75) is 31.6 Å². The molecule has 17 heavy (non-hydrogen) atoms. The number of hydrogen-bond acceptors (Lipinski definition) is 2. The maximum Gasteiger partial charge on any atom is 0.132 e. The minimum absolute atomic E-state index is 0.417. The van der Waals surface area contributed by atoms with Gasteiger partial charge in [-0.1, -0.05) is 6.07 Å². The molecule has 1 heterocycles. The molecule has 0 saturated heterocycles. The fourth-order valence-corrected chi connectivity index (χ4v) is 2.68. The highest BCUT2D eigenvalue weighted by atomic mass is 16.1. The number of rotatable bonds is 1.